The zero-order chi connectivity index (χ0) is 27.2. The topological polar surface area (TPSA) is 83.4 Å². The van der Waals surface area contributed by atoms with Crippen LogP contribution >= 0.6 is 0 Å². The monoisotopic (exact) mass is 501 g/mol. The number of benzene rings is 1. The van der Waals surface area contributed by atoms with E-state index in [0.717, 1.165) is 22.3 Å². The molecule has 0 radical (unpaired) electrons. The van der Waals surface area contributed by atoms with Crippen LogP contribution in [0.5, 0.6) is 0 Å². The second kappa shape index (κ2) is 12.1. The van der Waals surface area contributed by atoms with E-state index in [0.29, 0.717) is 25.3 Å². The molecule has 1 aromatic carbocycles. The van der Waals surface area contributed by atoms with Gasteiger partial charge in [0.25, 0.3) is 0 Å². The van der Waals surface area contributed by atoms with E-state index in [2.05, 4.69) is 54.2 Å². The lowest BCUT2D eigenvalue weighted by molar-refractivity contribution is -0.142. The second-order valence-electron chi connectivity index (χ2n) is 10.4. The first kappa shape index (κ1) is 28.0. The summed E-state index contributed by atoms with van der Waals surface area (Å²) in [6.07, 6.45) is 14.9. The van der Waals surface area contributed by atoms with Gasteiger partial charge in [-0.05, 0) is 23.5 Å². The van der Waals surface area contributed by atoms with Crippen LogP contribution in [0.25, 0.3) is 17.0 Å². The number of aliphatic carboxylic acids is 1. The SMILES string of the molecule is CC.CC(Cc1ccc(-c2ncc(C3=CC=CC(C)(C)C=C3)cn2)cc1)C(=O)N1CC(C)C(C(=O)O)C1. The minimum absolute atomic E-state index is 0.0173. The molecule has 1 fully saturated rings. The van der Waals surface area contributed by atoms with Gasteiger partial charge < -0.3 is 10.0 Å². The molecule has 1 aliphatic carbocycles. The van der Waals surface area contributed by atoms with Gasteiger partial charge in [0.15, 0.2) is 5.82 Å². The standard InChI is InChI=1S/C29H33N3O3.C2H6/c1-19(27(33)32-17-20(2)25(18-32)28(34)35)14-21-7-9-23(10-8-21)26-30-15-24(16-31-26)22-6-5-12-29(3,4)13-11-22;1-2/h5-13,15-16,19-20,25H,14,17-18H2,1-4H3,(H,34,35);1-2H3. The predicted octanol–water partition coefficient (Wildman–Crippen LogP) is 6.06. The zero-order valence-electron chi connectivity index (χ0n) is 22.8. The number of likely N-dealkylation sites (tertiary alicyclic amines) is 1. The molecule has 1 aromatic heterocycles. The van der Waals surface area contributed by atoms with Gasteiger partial charge in [-0.25, -0.2) is 9.97 Å². The van der Waals surface area contributed by atoms with Crippen molar-refractivity contribution < 1.29 is 14.7 Å². The average molecular weight is 502 g/mol. The summed E-state index contributed by atoms with van der Waals surface area (Å²) in [5.74, 6) is -0.860. The molecule has 1 saturated heterocycles. The highest BCUT2D eigenvalue weighted by Gasteiger charge is 2.38. The third-order valence-corrected chi connectivity index (χ3v) is 6.90. The van der Waals surface area contributed by atoms with Crippen LogP contribution in [-0.4, -0.2) is 44.9 Å². The number of hydrogen-bond donors (Lipinski definition) is 1. The largest absolute Gasteiger partial charge is 0.481 e. The maximum Gasteiger partial charge on any atom is 0.308 e. The van der Waals surface area contributed by atoms with Crippen molar-refractivity contribution in [1.82, 2.24) is 14.9 Å². The van der Waals surface area contributed by atoms with Gasteiger partial charge in [-0.2, -0.15) is 0 Å². The smallest absolute Gasteiger partial charge is 0.308 e. The van der Waals surface area contributed by atoms with Crippen molar-refractivity contribution in [2.24, 2.45) is 23.2 Å². The minimum atomic E-state index is -0.825. The van der Waals surface area contributed by atoms with Crippen molar-refractivity contribution in [2.45, 2.75) is 48.0 Å². The molecule has 6 nitrogen and oxygen atoms in total. The molecule has 2 aliphatic rings. The van der Waals surface area contributed by atoms with Gasteiger partial charge in [-0.3, -0.25) is 9.59 Å². The van der Waals surface area contributed by atoms with Crippen molar-refractivity contribution in [2.75, 3.05) is 13.1 Å². The number of carboxylic acids is 1. The van der Waals surface area contributed by atoms with E-state index in [-0.39, 0.29) is 23.2 Å². The first-order valence-electron chi connectivity index (χ1n) is 13.1. The van der Waals surface area contributed by atoms with Gasteiger partial charge in [0, 0.05) is 47.9 Å². The number of aromatic nitrogens is 2. The first-order chi connectivity index (χ1) is 17.6. The van der Waals surface area contributed by atoms with Gasteiger partial charge in [-0.15, -0.1) is 0 Å². The maximum atomic E-state index is 12.9. The quantitative estimate of drug-likeness (QED) is 0.520. The van der Waals surface area contributed by atoms with Gasteiger partial charge in [0.05, 0.1) is 5.92 Å². The van der Waals surface area contributed by atoms with Crippen molar-refractivity contribution >= 4 is 17.4 Å². The molecule has 1 amide bonds. The highest BCUT2D eigenvalue weighted by molar-refractivity contribution is 5.81. The van der Waals surface area contributed by atoms with Gasteiger partial charge >= 0.3 is 5.97 Å². The van der Waals surface area contributed by atoms with Crippen LogP contribution in [0.15, 0.2) is 67.0 Å². The summed E-state index contributed by atoms with van der Waals surface area (Å²) < 4.78 is 0. The number of carbonyl (C=O) groups excluding carboxylic acids is 1. The lowest BCUT2D eigenvalue weighted by atomic mass is 9.93. The summed E-state index contributed by atoms with van der Waals surface area (Å²) in [5, 5.41) is 9.33. The maximum absolute atomic E-state index is 12.9. The molecular weight excluding hydrogens is 462 g/mol. The van der Waals surface area contributed by atoms with Crippen LogP contribution < -0.4 is 0 Å². The van der Waals surface area contributed by atoms with E-state index >= 15 is 0 Å². The number of nitrogens with zero attached hydrogens (tertiary/aromatic N) is 3. The van der Waals surface area contributed by atoms with E-state index in [9.17, 15) is 14.7 Å². The Morgan fingerprint density at radius 3 is 2.30 bits per heavy atom. The number of hydrogen-bond acceptors (Lipinski definition) is 4. The van der Waals surface area contributed by atoms with Crippen molar-refractivity contribution in [3.05, 3.63) is 78.2 Å². The van der Waals surface area contributed by atoms with Crippen LogP contribution in [0.2, 0.25) is 0 Å². The number of allylic oxidation sites excluding steroid dienone is 6. The summed E-state index contributed by atoms with van der Waals surface area (Å²) >= 11 is 0. The molecule has 4 rings (SSSR count). The highest BCUT2D eigenvalue weighted by atomic mass is 16.4. The Balaban J connectivity index is 0.00000186. The van der Waals surface area contributed by atoms with Crippen molar-refractivity contribution in [3.8, 4) is 11.4 Å². The Hall–Kier alpha value is -3.54. The third-order valence-electron chi connectivity index (χ3n) is 6.90. The second-order valence-corrected chi connectivity index (χ2v) is 10.4. The van der Waals surface area contributed by atoms with Crippen LogP contribution in [-0.2, 0) is 16.0 Å². The Morgan fingerprint density at radius 1 is 1.05 bits per heavy atom. The van der Waals surface area contributed by atoms with Crippen LogP contribution in [0.4, 0.5) is 0 Å². The molecule has 6 heteroatoms. The van der Waals surface area contributed by atoms with Crippen LogP contribution in [0.3, 0.4) is 0 Å². The number of amides is 1. The molecule has 2 heterocycles. The highest BCUT2D eigenvalue weighted by Crippen LogP contribution is 2.28. The lowest BCUT2D eigenvalue weighted by Gasteiger charge is -2.21. The number of carbonyl (C=O) groups is 2. The Bertz CT molecular complexity index is 1180. The molecule has 1 aliphatic heterocycles. The molecule has 196 valence electrons. The summed E-state index contributed by atoms with van der Waals surface area (Å²) in [5.41, 5.74) is 4.04. The van der Waals surface area contributed by atoms with E-state index in [1.165, 1.54) is 0 Å². The molecule has 3 unspecified atom stereocenters. The predicted molar refractivity (Wildman–Crippen MR) is 149 cm³/mol. The first-order valence-corrected chi connectivity index (χ1v) is 13.1. The fraction of sp³-hybridized carbons (Fsp3) is 0.419. The number of carboxylic acid groups (broad SMARTS) is 1. The van der Waals surface area contributed by atoms with Gasteiger partial charge in [-0.1, -0.05) is 96.2 Å². The van der Waals surface area contributed by atoms with Gasteiger partial charge in [0.1, 0.15) is 0 Å². The molecule has 2 aromatic rings. The van der Waals surface area contributed by atoms with Crippen LogP contribution in [0.1, 0.15) is 52.7 Å². The summed E-state index contributed by atoms with van der Waals surface area (Å²) in [7, 11) is 0. The molecule has 0 bridgehead atoms. The number of rotatable bonds is 6. The van der Waals surface area contributed by atoms with E-state index in [1.54, 1.807) is 4.90 Å². The molecular formula is C31H39N3O3. The van der Waals surface area contributed by atoms with Crippen molar-refractivity contribution in [3.63, 3.8) is 0 Å². The third kappa shape index (κ3) is 7.03. The molecule has 0 spiro atoms. The molecule has 1 N–H and O–H groups in total. The zero-order valence-corrected chi connectivity index (χ0v) is 22.8. The molecule has 37 heavy (non-hydrogen) atoms. The fourth-order valence-corrected chi connectivity index (χ4v) is 4.64. The Labute approximate surface area is 220 Å². The van der Waals surface area contributed by atoms with Gasteiger partial charge in [0.2, 0.25) is 5.91 Å². The van der Waals surface area contributed by atoms with E-state index in [1.807, 2.05) is 64.4 Å². The van der Waals surface area contributed by atoms with Crippen LogP contribution in [0, 0.1) is 23.2 Å². The fourth-order valence-electron chi connectivity index (χ4n) is 4.64. The lowest BCUT2D eigenvalue weighted by Crippen LogP contribution is -2.35. The minimum Gasteiger partial charge on any atom is -0.481 e. The van der Waals surface area contributed by atoms with Crippen molar-refractivity contribution in [1.29, 1.82) is 0 Å². The van der Waals surface area contributed by atoms with E-state index in [4.69, 9.17) is 0 Å². The molecule has 3 atom stereocenters. The average Bonchev–Trinajstić information content (AvgIpc) is 3.19. The summed E-state index contributed by atoms with van der Waals surface area (Å²) in [6.45, 7) is 12.9. The Kier molecular flexibility index (Phi) is 9.19. The molecule has 0 saturated carbocycles. The summed E-state index contributed by atoms with van der Waals surface area (Å²) in [4.78, 5) is 35.1. The Morgan fingerprint density at radius 2 is 1.70 bits per heavy atom. The normalized spacial score (nSPS) is 20.9. The van der Waals surface area contributed by atoms with E-state index < -0.39 is 11.9 Å². The summed E-state index contributed by atoms with van der Waals surface area (Å²) in [6, 6.07) is 7.98.